The lowest BCUT2D eigenvalue weighted by Crippen LogP contribution is -2.15. The molecule has 3 heterocycles. The van der Waals surface area contributed by atoms with Crippen LogP contribution >= 0.6 is 11.3 Å². The van der Waals surface area contributed by atoms with E-state index in [4.69, 9.17) is 0 Å². The number of pyridine rings is 1. The van der Waals surface area contributed by atoms with Crippen molar-refractivity contribution >= 4 is 27.9 Å². The van der Waals surface area contributed by atoms with Crippen molar-refractivity contribution in [2.24, 2.45) is 0 Å². The van der Waals surface area contributed by atoms with Gasteiger partial charge in [-0.05, 0) is 17.7 Å². The van der Waals surface area contributed by atoms with Gasteiger partial charge in [0.25, 0.3) is 0 Å². The summed E-state index contributed by atoms with van der Waals surface area (Å²) in [5.41, 5.74) is 3.40. The van der Waals surface area contributed by atoms with E-state index in [1.807, 2.05) is 58.6 Å². The van der Waals surface area contributed by atoms with Gasteiger partial charge < -0.3 is 5.32 Å². The summed E-state index contributed by atoms with van der Waals surface area (Å²) in [5.74, 6) is -0.0727. The molecule has 0 aliphatic carbocycles. The lowest BCUT2D eigenvalue weighted by Gasteiger charge is -2.09. The molecule has 3 aromatic heterocycles. The fraction of sp³-hybridized carbons (Fsp3) is 0.0556. The molecule has 0 spiro atoms. The Morgan fingerprint density at radius 1 is 1.21 bits per heavy atom. The van der Waals surface area contributed by atoms with Crippen LogP contribution in [0.2, 0.25) is 0 Å². The number of aromatic nitrogens is 3. The fourth-order valence-electron chi connectivity index (χ4n) is 2.56. The number of imidazole rings is 1. The van der Waals surface area contributed by atoms with Crippen LogP contribution in [0.5, 0.6) is 0 Å². The monoisotopic (exact) mass is 334 g/mol. The van der Waals surface area contributed by atoms with E-state index in [1.54, 1.807) is 23.7 Å². The second-order valence-corrected chi connectivity index (χ2v) is 6.22. The van der Waals surface area contributed by atoms with Crippen molar-refractivity contribution < 1.29 is 4.79 Å². The Morgan fingerprint density at radius 2 is 2.12 bits per heavy atom. The minimum Gasteiger partial charge on any atom is -0.325 e. The number of hydrogen-bond acceptors (Lipinski definition) is 4. The molecular weight excluding hydrogens is 320 g/mol. The molecular formula is C18H14N4OS. The molecule has 0 radical (unpaired) electrons. The first-order valence-electron chi connectivity index (χ1n) is 7.50. The highest BCUT2D eigenvalue weighted by Gasteiger charge is 2.12. The predicted molar refractivity (Wildman–Crippen MR) is 95.1 cm³/mol. The number of fused-ring (bicyclic) bond motifs is 1. The number of nitrogens with one attached hydrogen (secondary N) is 1. The number of hydrogen-bond donors (Lipinski definition) is 1. The van der Waals surface area contributed by atoms with Crippen molar-refractivity contribution in [3.05, 3.63) is 72.1 Å². The Bertz CT molecular complexity index is 962. The molecule has 4 rings (SSSR count). The first kappa shape index (κ1) is 14.6. The van der Waals surface area contributed by atoms with E-state index < -0.39 is 0 Å². The molecule has 118 valence electrons. The summed E-state index contributed by atoms with van der Waals surface area (Å²) in [6, 6.07) is 11.4. The molecule has 5 nitrogen and oxygen atoms in total. The van der Waals surface area contributed by atoms with Gasteiger partial charge >= 0.3 is 0 Å². The van der Waals surface area contributed by atoms with E-state index in [-0.39, 0.29) is 5.91 Å². The van der Waals surface area contributed by atoms with Gasteiger partial charge in [0, 0.05) is 35.7 Å². The summed E-state index contributed by atoms with van der Waals surface area (Å²) in [7, 11) is 0. The number of thiazole rings is 1. The number of benzene rings is 1. The normalized spacial score (nSPS) is 10.8. The highest BCUT2D eigenvalue weighted by molar-refractivity contribution is 7.15. The number of nitrogens with zero attached hydrogens (tertiary/aromatic N) is 3. The molecule has 1 amide bonds. The third-order valence-corrected chi connectivity index (χ3v) is 4.43. The third kappa shape index (κ3) is 2.91. The van der Waals surface area contributed by atoms with E-state index in [2.05, 4.69) is 15.3 Å². The molecule has 0 fully saturated rings. The van der Waals surface area contributed by atoms with Crippen LogP contribution in [-0.2, 0) is 11.2 Å². The number of amides is 1. The summed E-state index contributed by atoms with van der Waals surface area (Å²) >= 11 is 1.58. The van der Waals surface area contributed by atoms with Crippen molar-refractivity contribution in [1.82, 2.24) is 14.4 Å². The maximum absolute atomic E-state index is 12.3. The van der Waals surface area contributed by atoms with Crippen molar-refractivity contribution in [2.75, 3.05) is 5.32 Å². The Labute approximate surface area is 142 Å². The highest BCUT2D eigenvalue weighted by Crippen LogP contribution is 2.28. The summed E-state index contributed by atoms with van der Waals surface area (Å²) in [4.78, 5) is 21.9. The van der Waals surface area contributed by atoms with Crippen LogP contribution in [-0.4, -0.2) is 20.3 Å². The smallest absolute Gasteiger partial charge is 0.228 e. The zero-order valence-corrected chi connectivity index (χ0v) is 13.5. The van der Waals surface area contributed by atoms with Crippen LogP contribution in [0.4, 0.5) is 5.69 Å². The standard InChI is InChI=1S/C18H14N4OS/c23-17(10-13-4-3-7-19-11-13)20-15-6-2-1-5-14(15)16-12-22-8-9-24-18(22)21-16/h1-9,11-12H,10H2,(H,20,23). The van der Waals surface area contributed by atoms with Gasteiger partial charge in [-0.25, -0.2) is 4.98 Å². The van der Waals surface area contributed by atoms with Gasteiger partial charge in [-0.1, -0.05) is 24.3 Å². The first-order chi connectivity index (χ1) is 11.8. The second-order valence-electron chi connectivity index (χ2n) is 5.35. The van der Waals surface area contributed by atoms with Crippen LogP contribution in [0.3, 0.4) is 0 Å². The Morgan fingerprint density at radius 3 is 2.96 bits per heavy atom. The second kappa shape index (κ2) is 6.25. The molecule has 0 aliphatic rings. The summed E-state index contributed by atoms with van der Waals surface area (Å²) < 4.78 is 1.98. The van der Waals surface area contributed by atoms with Gasteiger partial charge in [0.15, 0.2) is 4.96 Å². The van der Waals surface area contributed by atoms with Crippen LogP contribution < -0.4 is 5.32 Å². The molecule has 1 aromatic carbocycles. The van der Waals surface area contributed by atoms with E-state index >= 15 is 0 Å². The van der Waals surface area contributed by atoms with Gasteiger partial charge in [-0.2, -0.15) is 0 Å². The molecule has 0 saturated carbocycles. The fourth-order valence-corrected chi connectivity index (χ4v) is 3.26. The maximum atomic E-state index is 12.3. The summed E-state index contributed by atoms with van der Waals surface area (Å²) in [6.07, 6.45) is 7.63. The average molecular weight is 334 g/mol. The van der Waals surface area contributed by atoms with Crippen LogP contribution in [0.25, 0.3) is 16.2 Å². The molecule has 4 aromatic rings. The number of para-hydroxylation sites is 1. The minimum atomic E-state index is -0.0727. The molecule has 6 heteroatoms. The topological polar surface area (TPSA) is 59.3 Å². The number of anilines is 1. The Kier molecular flexibility index (Phi) is 3.80. The zero-order chi connectivity index (χ0) is 16.4. The molecule has 0 unspecified atom stereocenters. The van der Waals surface area contributed by atoms with Gasteiger partial charge in [-0.15, -0.1) is 11.3 Å². The quantitative estimate of drug-likeness (QED) is 0.620. The summed E-state index contributed by atoms with van der Waals surface area (Å²) in [5, 5.41) is 4.98. The SMILES string of the molecule is O=C(Cc1cccnc1)Nc1ccccc1-c1cn2ccsc2n1. The minimum absolute atomic E-state index is 0.0727. The largest absolute Gasteiger partial charge is 0.325 e. The first-order valence-corrected chi connectivity index (χ1v) is 8.38. The van der Waals surface area contributed by atoms with E-state index in [0.29, 0.717) is 6.42 Å². The zero-order valence-electron chi connectivity index (χ0n) is 12.7. The molecule has 0 bridgehead atoms. The molecule has 0 saturated heterocycles. The molecule has 0 atom stereocenters. The van der Waals surface area contributed by atoms with Crippen molar-refractivity contribution in [1.29, 1.82) is 0 Å². The predicted octanol–water partition coefficient (Wildman–Crippen LogP) is 3.64. The van der Waals surface area contributed by atoms with Crippen LogP contribution in [0.1, 0.15) is 5.56 Å². The number of carbonyl (C=O) groups excluding carboxylic acids is 1. The number of carbonyl (C=O) groups is 1. The van der Waals surface area contributed by atoms with Crippen molar-refractivity contribution in [3.8, 4) is 11.3 Å². The lowest BCUT2D eigenvalue weighted by atomic mass is 10.1. The van der Waals surface area contributed by atoms with Gasteiger partial charge in [0.1, 0.15) is 0 Å². The number of rotatable bonds is 4. The van der Waals surface area contributed by atoms with Gasteiger partial charge in [-0.3, -0.25) is 14.2 Å². The van der Waals surface area contributed by atoms with Crippen LogP contribution in [0, 0.1) is 0 Å². The average Bonchev–Trinajstić information content (AvgIpc) is 3.18. The van der Waals surface area contributed by atoms with Crippen LogP contribution in [0.15, 0.2) is 66.6 Å². The van der Waals surface area contributed by atoms with Gasteiger partial charge in [0.05, 0.1) is 17.8 Å². The third-order valence-electron chi connectivity index (χ3n) is 3.66. The van der Waals surface area contributed by atoms with E-state index in [1.165, 1.54) is 0 Å². The lowest BCUT2D eigenvalue weighted by molar-refractivity contribution is -0.115. The van der Waals surface area contributed by atoms with E-state index in [9.17, 15) is 4.79 Å². The Hall–Kier alpha value is -2.99. The van der Waals surface area contributed by atoms with E-state index in [0.717, 1.165) is 27.5 Å². The Balaban J connectivity index is 1.59. The highest BCUT2D eigenvalue weighted by atomic mass is 32.1. The van der Waals surface area contributed by atoms with Crippen molar-refractivity contribution in [3.63, 3.8) is 0 Å². The molecule has 0 aliphatic heterocycles. The summed E-state index contributed by atoms with van der Waals surface area (Å²) in [6.45, 7) is 0. The van der Waals surface area contributed by atoms with Gasteiger partial charge in [0.2, 0.25) is 5.91 Å². The molecule has 1 N–H and O–H groups in total. The molecule has 24 heavy (non-hydrogen) atoms. The van der Waals surface area contributed by atoms with Crippen molar-refractivity contribution in [2.45, 2.75) is 6.42 Å². The maximum Gasteiger partial charge on any atom is 0.228 e.